The van der Waals surface area contributed by atoms with Crippen molar-refractivity contribution < 1.29 is 4.39 Å². The Morgan fingerprint density at radius 3 is 2.79 bits per heavy atom. The molecule has 2 N–H and O–H groups in total. The van der Waals surface area contributed by atoms with Crippen LogP contribution in [0.5, 0.6) is 0 Å². The van der Waals surface area contributed by atoms with E-state index < -0.39 is 0 Å². The summed E-state index contributed by atoms with van der Waals surface area (Å²) < 4.78 is 15.5. The van der Waals surface area contributed by atoms with Gasteiger partial charge in [-0.15, -0.1) is 0 Å². The molecular formula is C18H26FN5. The standard InChI is InChI=1S/C18H26FN5/c1-4-20-18(21-8-5-9-24-13-14(2)11-23-24)22-12-16-7-6-15(3)17(19)10-16/h6-7,10-11,13H,4-5,8-9,12H2,1-3H3,(H2,20,21,22). The second kappa shape index (κ2) is 9.05. The number of rotatable bonds is 7. The van der Waals surface area contributed by atoms with Gasteiger partial charge in [0.25, 0.3) is 0 Å². The first-order valence-electron chi connectivity index (χ1n) is 8.34. The van der Waals surface area contributed by atoms with Crippen LogP contribution in [-0.2, 0) is 13.1 Å². The van der Waals surface area contributed by atoms with Gasteiger partial charge in [-0.2, -0.15) is 5.10 Å². The van der Waals surface area contributed by atoms with E-state index in [9.17, 15) is 4.39 Å². The summed E-state index contributed by atoms with van der Waals surface area (Å²) in [6.07, 6.45) is 4.84. The normalized spacial score (nSPS) is 11.6. The lowest BCUT2D eigenvalue weighted by molar-refractivity contribution is 0.570. The van der Waals surface area contributed by atoms with E-state index in [2.05, 4.69) is 20.7 Å². The fourth-order valence-corrected chi connectivity index (χ4v) is 2.28. The molecule has 0 aliphatic rings. The summed E-state index contributed by atoms with van der Waals surface area (Å²) in [6.45, 7) is 8.71. The van der Waals surface area contributed by atoms with Crippen LogP contribution in [0.4, 0.5) is 4.39 Å². The van der Waals surface area contributed by atoms with E-state index >= 15 is 0 Å². The molecule has 0 amide bonds. The number of halogens is 1. The van der Waals surface area contributed by atoms with Crippen molar-refractivity contribution in [3.8, 4) is 0 Å². The second-order valence-electron chi connectivity index (χ2n) is 5.84. The van der Waals surface area contributed by atoms with E-state index in [1.807, 2.05) is 37.0 Å². The van der Waals surface area contributed by atoms with Crippen molar-refractivity contribution in [2.45, 2.75) is 40.3 Å². The van der Waals surface area contributed by atoms with Crippen LogP contribution in [0.2, 0.25) is 0 Å². The number of hydrogen-bond acceptors (Lipinski definition) is 2. The highest BCUT2D eigenvalue weighted by Gasteiger charge is 2.01. The Morgan fingerprint density at radius 2 is 2.12 bits per heavy atom. The number of hydrogen-bond donors (Lipinski definition) is 2. The molecule has 1 heterocycles. The van der Waals surface area contributed by atoms with Crippen LogP contribution < -0.4 is 10.6 Å². The number of benzene rings is 1. The van der Waals surface area contributed by atoms with Gasteiger partial charge >= 0.3 is 0 Å². The fourth-order valence-electron chi connectivity index (χ4n) is 2.28. The number of aryl methyl sites for hydroxylation is 3. The molecule has 0 aliphatic carbocycles. The van der Waals surface area contributed by atoms with E-state index in [4.69, 9.17) is 0 Å². The predicted octanol–water partition coefficient (Wildman–Crippen LogP) is 2.78. The molecule has 130 valence electrons. The molecule has 0 bridgehead atoms. The van der Waals surface area contributed by atoms with Gasteiger partial charge in [0.2, 0.25) is 0 Å². The molecule has 2 aromatic rings. The smallest absolute Gasteiger partial charge is 0.191 e. The Morgan fingerprint density at radius 1 is 1.29 bits per heavy atom. The van der Waals surface area contributed by atoms with Crippen molar-refractivity contribution in [2.24, 2.45) is 4.99 Å². The first kappa shape index (κ1) is 18.0. The fraction of sp³-hybridized carbons (Fsp3) is 0.444. The molecule has 24 heavy (non-hydrogen) atoms. The number of nitrogens with zero attached hydrogens (tertiary/aromatic N) is 3. The summed E-state index contributed by atoms with van der Waals surface area (Å²) in [7, 11) is 0. The Labute approximate surface area is 143 Å². The Bertz CT molecular complexity index is 678. The summed E-state index contributed by atoms with van der Waals surface area (Å²) in [5, 5.41) is 10.8. The third-order valence-electron chi connectivity index (χ3n) is 3.62. The molecule has 1 aromatic heterocycles. The summed E-state index contributed by atoms with van der Waals surface area (Å²) in [4.78, 5) is 4.51. The summed E-state index contributed by atoms with van der Waals surface area (Å²) in [6, 6.07) is 5.24. The van der Waals surface area contributed by atoms with Gasteiger partial charge in [-0.05, 0) is 49.9 Å². The zero-order valence-corrected chi connectivity index (χ0v) is 14.6. The van der Waals surface area contributed by atoms with Crippen LogP contribution in [-0.4, -0.2) is 28.8 Å². The molecule has 0 spiro atoms. The Kier molecular flexibility index (Phi) is 6.78. The lowest BCUT2D eigenvalue weighted by Crippen LogP contribution is -2.38. The topological polar surface area (TPSA) is 54.2 Å². The van der Waals surface area contributed by atoms with Crippen LogP contribution >= 0.6 is 0 Å². The van der Waals surface area contributed by atoms with Gasteiger partial charge in [0.05, 0.1) is 12.7 Å². The summed E-state index contributed by atoms with van der Waals surface area (Å²) in [5.41, 5.74) is 2.69. The average molecular weight is 331 g/mol. The third-order valence-corrected chi connectivity index (χ3v) is 3.62. The van der Waals surface area contributed by atoms with E-state index in [0.29, 0.717) is 12.1 Å². The number of aromatic nitrogens is 2. The molecule has 0 saturated heterocycles. The van der Waals surface area contributed by atoms with Gasteiger partial charge < -0.3 is 10.6 Å². The minimum absolute atomic E-state index is 0.185. The highest BCUT2D eigenvalue weighted by atomic mass is 19.1. The Balaban J connectivity index is 1.82. The van der Waals surface area contributed by atoms with E-state index in [1.165, 1.54) is 5.56 Å². The van der Waals surface area contributed by atoms with Gasteiger partial charge in [0.1, 0.15) is 5.82 Å². The van der Waals surface area contributed by atoms with Crippen LogP contribution in [0.15, 0.2) is 35.6 Å². The molecular weight excluding hydrogens is 305 g/mol. The maximum Gasteiger partial charge on any atom is 0.191 e. The largest absolute Gasteiger partial charge is 0.357 e. The van der Waals surface area contributed by atoms with E-state index in [1.54, 1.807) is 19.1 Å². The quantitative estimate of drug-likeness (QED) is 0.466. The molecule has 0 saturated carbocycles. The predicted molar refractivity (Wildman–Crippen MR) is 95.5 cm³/mol. The minimum atomic E-state index is -0.185. The molecule has 0 atom stereocenters. The highest BCUT2D eigenvalue weighted by Crippen LogP contribution is 2.09. The monoisotopic (exact) mass is 331 g/mol. The van der Waals surface area contributed by atoms with E-state index in [0.717, 1.165) is 37.6 Å². The van der Waals surface area contributed by atoms with Gasteiger partial charge in [-0.3, -0.25) is 4.68 Å². The van der Waals surface area contributed by atoms with E-state index in [-0.39, 0.29) is 5.82 Å². The summed E-state index contributed by atoms with van der Waals surface area (Å²) >= 11 is 0. The molecule has 0 unspecified atom stereocenters. The van der Waals surface area contributed by atoms with Gasteiger partial charge in [0.15, 0.2) is 5.96 Å². The van der Waals surface area contributed by atoms with Crippen molar-refractivity contribution in [1.82, 2.24) is 20.4 Å². The van der Waals surface area contributed by atoms with Crippen molar-refractivity contribution in [3.63, 3.8) is 0 Å². The third kappa shape index (κ3) is 5.68. The van der Waals surface area contributed by atoms with Crippen LogP contribution in [0.1, 0.15) is 30.0 Å². The number of nitrogens with one attached hydrogen (secondary N) is 2. The molecule has 1 aromatic carbocycles. The van der Waals surface area contributed by atoms with Crippen molar-refractivity contribution in [3.05, 3.63) is 53.1 Å². The highest BCUT2D eigenvalue weighted by molar-refractivity contribution is 5.79. The van der Waals surface area contributed by atoms with Gasteiger partial charge in [-0.1, -0.05) is 12.1 Å². The SMILES string of the molecule is CCNC(=NCc1ccc(C)c(F)c1)NCCCn1cc(C)cn1. The molecule has 0 aliphatic heterocycles. The molecule has 2 rings (SSSR count). The lowest BCUT2D eigenvalue weighted by atomic mass is 10.1. The summed E-state index contributed by atoms with van der Waals surface area (Å²) in [5.74, 6) is 0.560. The van der Waals surface area contributed by atoms with Crippen LogP contribution in [0.25, 0.3) is 0 Å². The maximum absolute atomic E-state index is 13.6. The lowest BCUT2D eigenvalue weighted by Gasteiger charge is -2.11. The first-order valence-corrected chi connectivity index (χ1v) is 8.34. The zero-order chi connectivity index (χ0) is 17.4. The minimum Gasteiger partial charge on any atom is -0.357 e. The van der Waals surface area contributed by atoms with Crippen molar-refractivity contribution in [1.29, 1.82) is 0 Å². The molecule has 6 heteroatoms. The first-order chi connectivity index (χ1) is 11.6. The number of aliphatic imine (C=N–C) groups is 1. The van der Waals surface area contributed by atoms with Gasteiger partial charge in [0, 0.05) is 25.8 Å². The number of guanidine groups is 1. The molecule has 0 fully saturated rings. The maximum atomic E-state index is 13.6. The average Bonchev–Trinajstić information content (AvgIpc) is 2.97. The second-order valence-corrected chi connectivity index (χ2v) is 5.84. The molecule has 0 radical (unpaired) electrons. The Hall–Kier alpha value is -2.37. The zero-order valence-electron chi connectivity index (χ0n) is 14.6. The molecule has 5 nitrogen and oxygen atoms in total. The van der Waals surface area contributed by atoms with Gasteiger partial charge in [-0.25, -0.2) is 9.38 Å². The van der Waals surface area contributed by atoms with Crippen molar-refractivity contribution >= 4 is 5.96 Å². The van der Waals surface area contributed by atoms with Crippen LogP contribution in [0.3, 0.4) is 0 Å². The van der Waals surface area contributed by atoms with Crippen molar-refractivity contribution in [2.75, 3.05) is 13.1 Å². The van der Waals surface area contributed by atoms with Crippen LogP contribution in [0, 0.1) is 19.7 Å².